The maximum Gasteiger partial charge on any atom is 0.416 e. The molecule has 0 aromatic heterocycles. The number of methoxy groups -OCH3 is 4. The number of nitrogens with zero attached hydrogens (tertiary/aromatic N) is 2. The molecule has 26 nitrogen and oxygen atoms in total. The molecule has 2 aromatic carbocycles. The number of carbonyl (C=O) groups excluding carboxylic acids is 9. The summed E-state index contributed by atoms with van der Waals surface area (Å²) in [5.74, 6) is -1.02. The van der Waals surface area contributed by atoms with Gasteiger partial charge in [-0.1, -0.05) is 285 Å². The first kappa shape index (κ1) is 137. The van der Waals surface area contributed by atoms with Crippen molar-refractivity contribution in [3.63, 3.8) is 0 Å². The predicted octanol–water partition coefficient (Wildman–Crippen LogP) is 24.9. The van der Waals surface area contributed by atoms with Crippen molar-refractivity contribution in [3.8, 4) is 0 Å². The molecule has 0 bridgehead atoms. The molecular weight excluding hydrogens is 1910 g/mol. The van der Waals surface area contributed by atoms with Gasteiger partial charge >= 0.3 is 19.8 Å². The Hall–Kier alpha value is -6.95. The van der Waals surface area contributed by atoms with Crippen molar-refractivity contribution >= 4 is 95.0 Å². The Balaban J connectivity index is 0.00000176. The number of cyclic esters (lactones) is 2. The molecule has 31 heteroatoms. The number of hydrogen-bond acceptors (Lipinski definition) is 23. The smallest absolute Gasteiger partial charge is 0.416 e. The summed E-state index contributed by atoms with van der Waals surface area (Å²) >= 11 is 0. The van der Waals surface area contributed by atoms with Crippen molar-refractivity contribution in [2.45, 2.75) is 359 Å². The van der Waals surface area contributed by atoms with Gasteiger partial charge in [-0.2, -0.15) is 0 Å². The van der Waals surface area contributed by atoms with E-state index < -0.39 is 53.1 Å². The van der Waals surface area contributed by atoms with E-state index in [9.17, 15) is 52.8 Å². The van der Waals surface area contributed by atoms with Crippen LogP contribution in [0.4, 0.5) is 9.59 Å². The third kappa shape index (κ3) is 43.9. The number of Topliss-reactive ketones (excluding diaryl/α,β-unsaturated/α-hetero) is 1. The van der Waals surface area contributed by atoms with Crippen LogP contribution in [-0.4, -0.2) is 232 Å². The number of piperidine rings is 1. The number of carbonyl (C=O) groups is 9. The lowest BCUT2D eigenvalue weighted by molar-refractivity contribution is -0.136. The van der Waals surface area contributed by atoms with Gasteiger partial charge in [-0.15, -0.1) is 26.3 Å². The summed E-state index contributed by atoms with van der Waals surface area (Å²) in [6, 6.07) is 19.2. The van der Waals surface area contributed by atoms with Gasteiger partial charge in [-0.25, -0.2) is 19.4 Å². The molecule has 3 aliphatic rings. The molecular formula is C113H194N3O23PSi4. The van der Waals surface area contributed by atoms with Crippen molar-refractivity contribution in [2.75, 3.05) is 68.6 Å². The lowest BCUT2D eigenvalue weighted by Crippen LogP contribution is -2.49. The van der Waals surface area contributed by atoms with Gasteiger partial charge in [0.05, 0.1) is 36.5 Å². The van der Waals surface area contributed by atoms with E-state index in [2.05, 4.69) is 234 Å². The number of aliphatic hydroxyl groups excluding tert-OH is 1. The van der Waals surface area contributed by atoms with E-state index in [1.54, 1.807) is 53.6 Å². The molecule has 2 N–H and O–H groups in total. The molecule has 3 saturated heterocycles. The molecule has 3 aliphatic heterocycles. The van der Waals surface area contributed by atoms with Crippen molar-refractivity contribution in [1.82, 2.24) is 15.1 Å². The summed E-state index contributed by atoms with van der Waals surface area (Å²) in [5, 5.41) is 12.0. The van der Waals surface area contributed by atoms with E-state index in [-0.39, 0.29) is 189 Å². The summed E-state index contributed by atoms with van der Waals surface area (Å²) < 4.78 is 81.9. The Kier molecular flexibility index (Phi) is 60.2. The van der Waals surface area contributed by atoms with Crippen LogP contribution in [0.25, 0.3) is 0 Å². The third-order valence-corrected chi connectivity index (χ3v) is 49.9. The summed E-state index contributed by atoms with van der Waals surface area (Å²) in [6.07, 6.45) is 17.1. The van der Waals surface area contributed by atoms with Crippen LogP contribution in [0.1, 0.15) is 224 Å². The minimum Gasteiger partial charge on any atom is -0.447 e. The Morgan fingerprint density at radius 2 is 0.771 bits per heavy atom. The Morgan fingerprint density at radius 1 is 0.472 bits per heavy atom. The lowest BCUT2D eigenvalue weighted by Gasteiger charge is -2.42. The van der Waals surface area contributed by atoms with Gasteiger partial charge in [0.2, 0.25) is 23.6 Å². The molecule has 0 aliphatic carbocycles. The van der Waals surface area contributed by atoms with Crippen molar-refractivity contribution in [2.24, 2.45) is 65.1 Å². The quantitative estimate of drug-likeness (QED) is 0.0155. The van der Waals surface area contributed by atoms with Crippen LogP contribution in [0.3, 0.4) is 0 Å². The van der Waals surface area contributed by atoms with Crippen molar-refractivity contribution in [3.05, 3.63) is 169 Å². The fourth-order valence-electron chi connectivity index (χ4n) is 15.5. The molecule has 144 heavy (non-hydrogen) atoms. The zero-order valence-electron chi connectivity index (χ0n) is 96.3. The monoisotopic (exact) mass is 2100 g/mol. The number of ether oxygens (including phenoxy) is 6. The van der Waals surface area contributed by atoms with Gasteiger partial charge in [-0.05, 0) is 159 Å². The van der Waals surface area contributed by atoms with Crippen LogP contribution in [0, 0.1) is 65.1 Å². The zero-order chi connectivity index (χ0) is 112. The van der Waals surface area contributed by atoms with Gasteiger partial charge < -0.3 is 65.1 Å². The van der Waals surface area contributed by atoms with Gasteiger partial charge in [-0.3, -0.25) is 38.6 Å². The number of imide groups is 3. The molecule has 5 rings (SSSR count). The predicted molar refractivity (Wildman–Crippen MR) is 595 cm³/mol. The Labute approximate surface area is 874 Å². The topological polar surface area (TPSA) is 320 Å². The molecule has 0 saturated carbocycles. The summed E-state index contributed by atoms with van der Waals surface area (Å²) in [7, 11) is -2.04. The molecule has 3 fully saturated rings. The molecule has 0 spiro atoms. The maximum absolute atomic E-state index is 13.6. The number of aldehydes is 2. The van der Waals surface area contributed by atoms with E-state index in [1.807, 2.05) is 121 Å². The fourth-order valence-corrected chi connectivity index (χ4v) is 22.1. The number of hydrogen-bond donors (Lipinski definition) is 2. The molecule has 820 valence electrons. The van der Waals surface area contributed by atoms with Crippen molar-refractivity contribution < 1.29 is 108 Å². The standard InChI is InChI=1S/C31H49NO5Si.C24H47O6PSi.C21H42O3Si.C17H32O3Si.C13H15NO3.C7H9NO3/c1-12-27(35-9)28(37-38(10,11)31(6,7)8)22(3)18-21(2)23(4)24(5)29(33)32-26(20-36-30(32)34)19-25-16-14-13-15-17-25;1-14-22(27-9)23(30-32(12,13)24(6,7)8)18(3)15-17(2)19(4)20(5)21(25)16-31(26,28-10)29-11;1-12-19(23-9)20(24-25(10,11)21(6,7)8)16(3)13-15(2)18(5)17(4)14-22;1-10-15(19-7)16(14(3)11-13(2)12-18)20-21(8,9)17(4,5)6;1-2-12(15)14-11(9-17-13(14)16)8-10-6-4-3-5-7-10;9-2-1-5-3-6(10)8-7(11)4-5/h12-18,22-24,26-28H,1,19-20H2,2-11H3;14-15,18-20,22-23H,1,16H2,2-13H3;12-13,16-20,22H,1,14H2,2-11H3;10-12,14-16H,1H2,2-9H3;3-7,11H,2,8-9H2,1H3;2,5H,1,3-4H2,(H,8,10,11)/b21-18-;17-15-;15-13-;13-11-;;/t22-,23?,24+,26-,27+,28+;18-,19?,20+,22+,23+;16-,17-,18?,19+,20+;14-,15+,16+;11-;/m11111./s1. The van der Waals surface area contributed by atoms with Crippen LogP contribution in [0.2, 0.25) is 72.5 Å². The third-order valence-electron chi connectivity index (χ3n) is 30.2. The first-order valence-corrected chi connectivity index (χ1v) is 64.4. The zero-order valence-corrected chi connectivity index (χ0v) is 101. The fraction of sp³-hybridized carbons (Fsp3) is 0.673. The Morgan fingerprint density at radius 3 is 1.05 bits per heavy atom. The second kappa shape index (κ2) is 63.3. The average molecular weight is 2110 g/mol. The highest BCUT2D eigenvalue weighted by molar-refractivity contribution is 7.54. The Bertz CT molecular complexity index is 4480. The van der Waals surface area contributed by atoms with Gasteiger partial charge in [0, 0.05) is 110 Å². The molecule has 20 atom stereocenters. The second-order valence-electron chi connectivity index (χ2n) is 45.3. The van der Waals surface area contributed by atoms with Gasteiger partial charge in [0.1, 0.15) is 62.1 Å². The maximum atomic E-state index is 13.6. The van der Waals surface area contributed by atoms with Crippen LogP contribution >= 0.6 is 7.60 Å². The molecule has 6 amide bonds. The van der Waals surface area contributed by atoms with E-state index in [4.69, 9.17) is 55.2 Å². The number of allylic oxidation sites excluding steroid dienone is 4. The first-order valence-electron chi connectivity index (χ1n) is 51.1. The van der Waals surface area contributed by atoms with Gasteiger partial charge in [0.15, 0.2) is 33.3 Å². The van der Waals surface area contributed by atoms with E-state index in [1.165, 1.54) is 29.6 Å². The number of benzene rings is 2. The highest BCUT2D eigenvalue weighted by atomic mass is 31.2. The largest absolute Gasteiger partial charge is 0.447 e. The molecule has 3 unspecified atom stereocenters. The lowest BCUT2D eigenvalue weighted by atomic mass is 9.84. The van der Waals surface area contributed by atoms with Crippen LogP contribution in [0.5, 0.6) is 0 Å². The van der Waals surface area contributed by atoms with Gasteiger partial charge in [0.25, 0.3) is 0 Å². The summed E-state index contributed by atoms with van der Waals surface area (Å²) in [4.78, 5) is 107. The minimum atomic E-state index is -3.38. The summed E-state index contributed by atoms with van der Waals surface area (Å²) in [6.45, 7) is 91.4. The number of amides is 6. The van der Waals surface area contributed by atoms with E-state index >= 15 is 0 Å². The average Bonchev–Trinajstić information content (AvgIpc) is 1.29. The van der Waals surface area contributed by atoms with Crippen LogP contribution in [0.15, 0.2) is 158 Å². The highest BCUT2D eigenvalue weighted by Crippen LogP contribution is 2.48. The molecule has 0 radical (unpaired) electrons. The number of ketones is 1. The number of nitrogens with one attached hydrogen (secondary N) is 1. The minimum absolute atomic E-state index is 0.0272. The normalized spacial score (nSPS) is 19.5. The van der Waals surface area contributed by atoms with Crippen LogP contribution in [-0.2, 0) is 106 Å². The summed E-state index contributed by atoms with van der Waals surface area (Å²) in [5.41, 5.74) is 6.33. The van der Waals surface area contributed by atoms with E-state index in [0.29, 0.717) is 56.6 Å². The van der Waals surface area contributed by atoms with Crippen molar-refractivity contribution in [1.29, 1.82) is 0 Å². The highest BCUT2D eigenvalue weighted by Gasteiger charge is 2.48. The molecule has 3 heterocycles. The van der Waals surface area contributed by atoms with Crippen LogP contribution < -0.4 is 5.32 Å². The first-order chi connectivity index (χ1) is 66.4. The number of rotatable bonds is 49. The molecule has 2 aromatic rings. The number of aliphatic hydroxyl groups is 1. The second-order valence-corrected chi connectivity index (χ2v) is 66.6. The SMILES string of the molecule is C=C[C@H](OC)[C@@H](O[Si](C)(C)C(C)(C)C)[C@H](C)/C=C(/C)C(C)[C@H](C)C(=O)CP(=O)(OC)OC.C=C[C@H](OC)[C@@H](O[Si](C)(C)C(C)(C)C)[C@H](C)/C=C(/C)C(C)[C@H](C)C(=O)N1C(=O)OC[C@H]1Cc1ccccc1.C=C[C@H](OC)[C@@H](O[Si](C)(C)C(C)(C)C)[C@H](C)/C=C(/C)C(C)[C@H](C)CO.C=C[C@H](OC)[C@@H](O[Si](C)(C)C(C)(C)C)[C@H](C)/C=C(/C)C=O.CCC(=O)N1C(=O)OC[C@H]1Cc1ccccc1.O=CCC1CC(=O)NC(=O)C1. The van der Waals surface area contributed by atoms with E-state index in [0.717, 1.165) is 34.8 Å².